The van der Waals surface area contributed by atoms with Crippen LogP contribution in [0.4, 0.5) is 0 Å². The maximum atomic E-state index is 4.10. The molecule has 0 spiro atoms. The fourth-order valence-corrected chi connectivity index (χ4v) is 1.91. The lowest BCUT2D eigenvalue weighted by Crippen LogP contribution is -1.99. The summed E-state index contributed by atoms with van der Waals surface area (Å²) in [5, 5.41) is 5.37. The van der Waals surface area contributed by atoms with E-state index in [-0.39, 0.29) is 0 Å². The lowest BCUT2D eigenvalue weighted by atomic mass is 10.1. The highest BCUT2D eigenvalue weighted by Crippen LogP contribution is 2.19. The second-order valence-corrected chi connectivity index (χ2v) is 6.29. The van der Waals surface area contributed by atoms with E-state index in [1.807, 2.05) is 36.9 Å². The lowest BCUT2D eigenvalue weighted by molar-refractivity contribution is 0.505. The first-order chi connectivity index (χ1) is 11.5. The molecule has 0 fully saturated rings. The van der Waals surface area contributed by atoms with Crippen LogP contribution < -0.4 is 0 Å². The van der Waals surface area contributed by atoms with Gasteiger partial charge in [-0.2, -0.15) is 5.10 Å². The van der Waals surface area contributed by atoms with Crippen LogP contribution in [0, 0.1) is 6.92 Å². The molecule has 1 N–H and O–H groups in total. The van der Waals surface area contributed by atoms with Gasteiger partial charge in [0.1, 0.15) is 12.7 Å². The molecule has 0 aliphatic rings. The summed E-state index contributed by atoms with van der Waals surface area (Å²) in [5.74, 6) is 0. The van der Waals surface area contributed by atoms with E-state index in [9.17, 15) is 0 Å². The van der Waals surface area contributed by atoms with Crippen molar-refractivity contribution in [1.29, 1.82) is 0 Å². The van der Waals surface area contributed by atoms with Crippen LogP contribution >= 0.6 is 0 Å². The zero-order chi connectivity index (χ0) is 17.9. The molecule has 1 aromatic carbocycles. The van der Waals surface area contributed by atoms with E-state index in [0.717, 1.165) is 6.54 Å². The maximum Gasteiger partial charge on any atom is 0.137 e. The molecule has 0 saturated carbocycles. The highest BCUT2D eigenvalue weighted by atomic mass is 15.3. The van der Waals surface area contributed by atoms with Crippen molar-refractivity contribution in [1.82, 2.24) is 24.6 Å². The number of hydrogen-bond acceptors (Lipinski definition) is 3. The molecule has 0 aliphatic carbocycles. The third kappa shape index (κ3) is 6.96. The fourth-order valence-electron chi connectivity index (χ4n) is 1.91. The number of rotatable bonds is 3. The Morgan fingerprint density at radius 2 is 1.79 bits per heavy atom. The number of aryl methyl sites for hydroxylation is 1. The summed E-state index contributed by atoms with van der Waals surface area (Å²) < 4.78 is 1.82. The van der Waals surface area contributed by atoms with Crippen LogP contribution in [0.3, 0.4) is 0 Å². The second kappa shape index (κ2) is 10.6. The van der Waals surface area contributed by atoms with Gasteiger partial charge in [0.15, 0.2) is 0 Å². The van der Waals surface area contributed by atoms with Gasteiger partial charge in [0.2, 0.25) is 0 Å². The van der Waals surface area contributed by atoms with Crippen molar-refractivity contribution in [3.05, 3.63) is 48.2 Å². The number of nitrogens with zero attached hydrogens (tertiary/aromatic N) is 4. The summed E-state index contributed by atoms with van der Waals surface area (Å²) in [7, 11) is 6.00. The van der Waals surface area contributed by atoms with Gasteiger partial charge < -0.3 is 9.88 Å². The number of unbranched alkanes of at least 4 members (excludes halogenated alkanes) is 1. The smallest absolute Gasteiger partial charge is 0.137 e. The first-order valence-electron chi connectivity index (χ1n) is 8.47. The number of aromatic nitrogens is 4. The van der Waals surface area contributed by atoms with E-state index in [1.54, 1.807) is 12.7 Å². The monoisotopic (exact) mass is 329 g/mol. The maximum absolute atomic E-state index is 4.10. The van der Waals surface area contributed by atoms with Crippen molar-refractivity contribution in [3.8, 4) is 0 Å². The van der Waals surface area contributed by atoms with Gasteiger partial charge in [-0.15, -0.1) is 0 Å². The number of nitrogens with one attached hydrogen (secondary N) is 1. The van der Waals surface area contributed by atoms with Crippen molar-refractivity contribution in [2.45, 2.75) is 40.2 Å². The quantitative estimate of drug-likeness (QED) is 0.787. The van der Waals surface area contributed by atoms with E-state index in [2.05, 4.69) is 54.0 Å². The highest BCUT2D eigenvalue weighted by Gasteiger charge is 2.01. The molecule has 2 aromatic heterocycles. The van der Waals surface area contributed by atoms with Gasteiger partial charge in [-0.1, -0.05) is 32.8 Å². The second-order valence-electron chi connectivity index (χ2n) is 6.29. The largest absolute Gasteiger partial charge is 0.361 e. The van der Waals surface area contributed by atoms with E-state index in [0.29, 0.717) is 0 Å². The Kier molecular flexibility index (Phi) is 8.79. The summed E-state index contributed by atoms with van der Waals surface area (Å²) in [6, 6.07) is 6.41. The van der Waals surface area contributed by atoms with Crippen molar-refractivity contribution in [2.75, 3.05) is 21.1 Å². The van der Waals surface area contributed by atoms with Crippen LogP contribution in [0.25, 0.3) is 10.9 Å². The molecular weight excluding hydrogens is 298 g/mol. The molecule has 5 heteroatoms. The molecule has 3 rings (SSSR count). The molecule has 0 saturated heterocycles. The van der Waals surface area contributed by atoms with Gasteiger partial charge in [-0.3, -0.25) is 0 Å². The molecular formula is C19H31N5. The third-order valence-electron chi connectivity index (χ3n) is 3.26. The topological polar surface area (TPSA) is 49.7 Å². The molecule has 0 unspecified atom stereocenters. The zero-order valence-electron chi connectivity index (χ0n) is 15.9. The zero-order valence-corrected chi connectivity index (χ0v) is 15.9. The van der Waals surface area contributed by atoms with Gasteiger partial charge in [0, 0.05) is 17.1 Å². The van der Waals surface area contributed by atoms with E-state index in [1.165, 1.54) is 34.9 Å². The molecule has 24 heavy (non-hydrogen) atoms. The average molecular weight is 329 g/mol. The van der Waals surface area contributed by atoms with Crippen molar-refractivity contribution < 1.29 is 0 Å². The van der Waals surface area contributed by atoms with Crippen LogP contribution in [0.1, 0.15) is 37.8 Å². The summed E-state index contributed by atoms with van der Waals surface area (Å²) in [5.41, 5.74) is 3.69. The van der Waals surface area contributed by atoms with Gasteiger partial charge >= 0.3 is 0 Å². The Labute approximate surface area is 145 Å². The van der Waals surface area contributed by atoms with Crippen molar-refractivity contribution in [3.63, 3.8) is 0 Å². The van der Waals surface area contributed by atoms with Crippen molar-refractivity contribution >= 4 is 10.9 Å². The molecule has 0 radical (unpaired) electrons. The third-order valence-corrected chi connectivity index (χ3v) is 3.26. The van der Waals surface area contributed by atoms with Gasteiger partial charge in [-0.05, 0) is 51.3 Å². The summed E-state index contributed by atoms with van der Waals surface area (Å²) >= 11 is 0. The minimum atomic E-state index is 0.764. The molecule has 5 nitrogen and oxygen atoms in total. The normalized spacial score (nSPS) is 10.1. The van der Waals surface area contributed by atoms with Crippen molar-refractivity contribution in [2.24, 2.45) is 0 Å². The van der Waals surface area contributed by atoms with E-state index < -0.39 is 0 Å². The average Bonchev–Trinajstić information content (AvgIpc) is 3.18. The van der Waals surface area contributed by atoms with Gasteiger partial charge in [0.05, 0.1) is 6.54 Å². The fraction of sp³-hybridized carbons (Fsp3) is 0.474. The standard InChI is InChI=1S/C12H12N4.C4H10.C3H9N/c1-9-5-14-12-3-2-10(4-11(9)12)6-16-8-13-7-15-16;1-3-4-2;1-4(2)3/h2-5,7-8,14H,6H2,1H3;3-4H2,1-2H3;1-3H3. The first kappa shape index (κ1) is 19.9. The molecule has 0 bridgehead atoms. The number of benzene rings is 1. The molecule has 0 amide bonds. The Bertz CT molecular complexity index is 678. The molecule has 132 valence electrons. The lowest BCUT2D eigenvalue weighted by Gasteiger charge is -2.01. The first-order valence-corrected chi connectivity index (χ1v) is 8.47. The summed E-state index contributed by atoms with van der Waals surface area (Å²) in [4.78, 5) is 9.17. The Balaban J connectivity index is 0.000000306. The SMILES string of the molecule is CCCC.CN(C)C.Cc1c[nH]c2ccc(Cn3cncn3)cc12. The summed E-state index contributed by atoms with van der Waals surface area (Å²) in [6.45, 7) is 7.23. The van der Waals surface area contributed by atoms with Crippen LogP contribution in [0.2, 0.25) is 0 Å². The number of aromatic amines is 1. The minimum Gasteiger partial charge on any atom is -0.361 e. The van der Waals surface area contributed by atoms with Crippen LogP contribution in [0.15, 0.2) is 37.1 Å². The van der Waals surface area contributed by atoms with Crippen LogP contribution in [-0.2, 0) is 6.54 Å². The number of hydrogen-bond donors (Lipinski definition) is 1. The van der Waals surface area contributed by atoms with Crippen LogP contribution in [-0.4, -0.2) is 45.8 Å². The Hall–Kier alpha value is -2.14. The molecule has 2 heterocycles. The van der Waals surface area contributed by atoms with E-state index >= 15 is 0 Å². The molecule has 0 atom stereocenters. The Morgan fingerprint density at radius 3 is 2.33 bits per heavy atom. The minimum absolute atomic E-state index is 0.764. The highest BCUT2D eigenvalue weighted by molar-refractivity contribution is 5.83. The Morgan fingerprint density at radius 1 is 1.12 bits per heavy atom. The molecule has 0 aliphatic heterocycles. The van der Waals surface area contributed by atoms with Gasteiger partial charge in [-0.25, -0.2) is 9.67 Å². The number of H-pyrrole nitrogens is 1. The summed E-state index contributed by atoms with van der Waals surface area (Å²) in [6.07, 6.45) is 7.96. The number of fused-ring (bicyclic) bond motifs is 1. The predicted molar refractivity (Wildman–Crippen MR) is 102 cm³/mol. The van der Waals surface area contributed by atoms with E-state index in [4.69, 9.17) is 0 Å². The predicted octanol–water partition coefficient (Wildman–Crippen LogP) is 4.10. The van der Waals surface area contributed by atoms with Crippen LogP contribution in [0.5, 0.6) is 0 Å². The molecule has 3 aromatic rings. The van der Waals surface area contributed by atoms with Gasteiger partial charge in [0.25, 0.3) is 0 Å².